The van der Waals surface area contributed by atoms with Crippen molar-refractivity contribution >= 4 is 11.6 Å². The number of allylic oxidation sites excluding steroid dienone is 4. The van der Waals surface area contributed by atoms with E-state index in [1.54, 1.807) is 11.8 Å². The molecule has 7 nitrogen and oxygen atoms in total. The summed E-state index contributed by atoms with van der Waals surface area (Å²) in [4.78, 5) is 15.9. The number of methoxy groups -OCH3 is 1. The number of carbonyl (C=O) groups excluding carboxylic acids is 1. The molecule has 2 aliphatic rings. The second-order valence-electron chi connectivity index (χ2n) is 11.5. The van der Waals surface area contributed by atoms with Crippen molar-refractivity contribution in [2.24, 2.45) is 17.8 Å². The number of aryl methyl sites for hydroxylation is 1. The summed E-state index contributed by atoms with van der Waals surface area (Å²) in [6, 6.07) is 8.04. The first kappa shape index (κ1) is 28.8. The monoisotopic (exact) mass is 532 g/mol. The number of ether oxygens (including phenoxy) is 1. The molecule has 0 unspecified atom stereocenters. The lowest BCUT2D eigenvalue weighted by atomic mass is 9.78. The zero-order valence-electron chi connectivity index (χ0n) is 24.0. The van der Waals surface area contributed by atoms with Crippen LogP contribution in [-0.2, 0) is 9.53 Å². The third-order valence-corrected chi connectivity index (χ3v) is 8.30. The van der Waals surface area contributed by atoms with E-state index in [2.05, 4.69) is 23.0 Å². The topological polar surface area (TPSA) is 80.5 Å². The minimum atomic E-state index is -0.282. The molecule has 0 aliphatic heterocycles. The maximum absolute atomic E-state index is 13.9. The van der Waals surface area contributed by atoms with Crippen LogP contribution in [0.2, 0.25) is 0 Å². The van der Waals surface area contributed by atoms with E-state index in [0.29, 0.717) is 31.2 Å². The smallest absolute Gasteiger partial charge is 0.230 e. The van der Waals surface area contributed by atoms with E-state index >= 15 is 0 Å². The van der Waals surface area contributed by atoms with Gasteiger partial charge in [0.15, 0.2) is 0 Å². The van der Waals surface area contributed by atoms with Crippen LogP contribution in [0.25, 0.3) is 5.69 Å². The standard InChI is InChI=1S/C32H44N4O3/c1-22(2)31(39-5)18-9-23(3)26-12-10-25(11-13-26)21-35(32(38)27-14-16-30(37)17-15-27)28-7-6-8-29(19-28)36-20-24(4)33-34-36/h6-9,18-20,25-27,30,37H,3,10-17,21H2,1-2,4-5H3/b18-9-. The maximum Gasteiger partial charge on any atom is 0.230 e. The van der Waals surface area contributed by atoms with Crippen LogP contribution in [0.1, 0.15) is 70.9 Å². The highest BCUT2D eigenvalue weighted by atomic mass is 16.5. The van der Waals surface area contributed by atoms with Crippen molar-refractivity contribution in [2.75, 3.05) is 18.6 Å². The highest BCUT2D eigenvalue weighted by Crippen LogP contribution is 2.36. The third kappa shape index (κ3) is 7.47. The second kappa shape index (κ2) is 13.2. The van der Waals surface area contributed by atoms with E-state index in [0.717, 1.165) is 72.5 Å². The van der Waals surface area contributed by atoms with Gasteiger partial charge in [0.1, 0.15) is 5.76 Å². The van der Waals surface area contributed by atoms with Crippen molar-refractivity contribution < 1.29 is 14.6 Å². The van der Waals surface area contributed by atoms with Gasteiger partial charge in [-0.1, -0.05) is 29.5 Å². The maximum atomic E-state index is 13.9. The van der Waals surface area contributed by atoms with E-state index in [4.69, 9.17) is 4.74 Å². The number of benzene rings is 1. The molecule has 1 amide bonds. The zero-order chi connectivity index (χ0) is 27.9. The number of rotatable bonds is 9. The van der Waals surface area contributed by atoms with Crippen LogP contribution in [0.4, 0.5) is 5.69 Å². The van der Waals surface area contributed by atoms with Crippen LogP contribution >= 0.6 is 0 Å². The predicted octanol–water partition coefficient (Wildman–Crippen LogP) is 6.32. The van der Waals surface area contributed by atoms with Gasteiger partial charge in [-0.25, -0.2) is 4.68 Å². The Morgan fingerprint density at radius 1 is 1.10 bits per heavy atom. The van der Waals surface area contributed by atoms with E-state index in [1.165, 1.54) is 0 Å². The molecule has 0 atom stereocenters. The number of hydrogen-bond donors (Lipinski definition) is 1. The van der Waals surface area contributed by atoms with E-state index < -0.39 is 0 Å². The summed E-state index contributed by atoms with van der Waals surface area (Å²) in [7, 11) is 1.70. The van der Waals surface area contributed by atoms with Crippen molar-refractivity contribution in [1.29, 1.82) is 0 Å². The summed E-state index contributed by atoms with van der Waals surface area (Å²) in [5.74, 6) is 1.91. The van der Waals surface area contributed by atoms with Crippen molar-refractivity contribution in [2.45, 2.75) is 78.2 Å². The van der Waals surface area contributed by atoms with Gasteiger partial charge in [0, 0.05) is 18.2 Å². The van der Waals surface area contributed by atoms with Crippen molar-refractivity contribution in [3.05, 3.63) is 71.8 Å². The highest BCUT2D eigenvalue weighted by molar-refractivity contribution is 5.95. The lowest BCUT2D eigenvalue weighted by molar-refractivity contribution is -0.124. The molecule has 0 radical (unpaired) electrons. The van der Waals surface area contributed by atoms with Crippen LogP contribution in [-0.4, -0.2) is 45.8 Å². The molecule has 1 aromatic heterocycles. The summed E-state index contributed by atoms with van der Waals surface area (Å²) in [5.41, 5.74) is 4.93. The quantitative estimate of drug-likeness (QED) is 0.302. The molecule has 2 saturated carbocycles. The molecule has 0 saturated heterocycles. The Morgan fingerprint density at radius 3 is 2.41 bits per heavy atom. The number of anilines is 1. The molecular weight excluding hydrogens is 488 g/mol. The lowest BCUT2D eigenvalue weighted by Crippen LogP contribution is -2.42. The molecule has 0 spiro atoms. The van der Waals surface area contributed by atoms with Crippen molar-refractivity contribution in [3.8, 4) is 5.69 Å². The van der Waals surface area contributed by atoms with Crippen LogP contribution in [0.3, 0.4) is 0 Å². The summed E-state index contributed by atoms with van der Waals surface area (Å²) in [6.07, 6.45) is 12.9. The molecule has 2 fully saturated rings. The van der Waals surface area contributed by atoms with Crippen molar-refractivity contribution in [1.82, 2.24) is 15.0 Å². The van der Waals surface area contributed by atoms with Gasteiger partial charge in [-0.05, 0) is 114 Å². The fraction of sp³-hybridized carbons (Fsp3) is 0.531. The lowest BCUT2D eigenvalue weighted by Gasteiger charge is -2.36. The third-order valence-electron chi connectivity index (χ3n) is 8.30. The SMILES string of the molecule is C=C(/C=C\C(OC)=C(C)C)C1CCC(CN(C(=O)C2CCC(O)CC2)c2cccc(-n3cc(C)nn3)c2)CC1. The molecule has 1 heterocycles. The molecule has 2 aliphatic carbocycles. The zero-order valence-corrected chi connectivity index (χ0v) is 24.0. The molecule has 0 bridgehead atoms. The minimum absolute atomic E-state index is 0.0445. The number of aliphatic hydroxyl groups is 1. The molecule has 1 N–H and O–H groups in total. The van der Waals surface area contributed by atoms with E-state index in [1.807, 2.05) is 62.2 Å². The summed E-state index contributed by atoms with van der Waals surface area (Å²) in [5, 5.41) is 18.4. The van der Waals surface area contributed by atoms with Gasteiger partial charge >= 0.3 is 0 Å². The highest BCUT2D eigenvalue weighted by Gasteiger charge is 2.32. The van der Waals surface area contributed by atoms with Gasteiger partial charge in [-0.15, -0.1) is 5.10 Å². The van der Waals surface area contributed by atoms with E-state index in [9.17, 15) is 9.90 Å². The van der Waals surface area contributed by atoms with Crippen molar-refractivity contribution in [3.63, 3.8) is 0 Å². The first-order valence-corrected chi connectivity index (χ1v) is 14.3. The molecular formula is C32H44N4O3. The predicted molar refractivity (Wildman–Crippen MR) is 156 cm³/mol. The van der Waals surface area contributed by atoms with Crippen LogP contribution in [0.15, 0.2) is 66.1 Å². The first-order valence-electron chi connectivity index (χ1n) is 14.3. The number of amides is 1. The van der Waals surface area contributed by atoms with Gasteiger partial charge in [-0.3, -0.25) is 4.79 Å². The fourth-order valence-electron chi connectivity index (χ4n) is 5.87. The molecule has 1 aromatic carbocycles. The summed E-state index contributed by atoms with van der Waals surface area (Å²) in [6.45, 7) is 11.1. The minimum Gasteiger partial charge on any atom is -0.497 e. The largest absolute Gasteiger partial charge is 0.497 e. The summed E-state index contributed by atoms with van der Waals surface area (Å²) < 4.78 is 7.22. The Balaban J connectivity index is 1.47. The van der Waals surface area contributed by atoms with E-state index in [-0.39, 0.29) is 17.9 Å². The number of nitrogens with zero attached hydrogens (tertiary/aromatic N) is 4. The van der Waals surface area contributed by atoms with Crippen LogP contribution in [0, 0.1) is 24.7 Å². The van der Waals surface area contributed by atoms with Crippen LogP contribution < -0.4 is 4.90 Å². The van der Waals surface area contributed by atoms with Gasteiger partial charge < -0.3 is 14.7 Å². The number of aromatic nitrogens is 3. The fourth-order valence-corrected chi connectivity index (χ4v) is 5.87. The molecule has 4 rings (SSSR count). The number of carbonyl (C=O) groups is 1. The average molecular weight is 533 g/mol. The Morgan fingerprint density at radius 2 is 1.79 bits per heavy atom. The Labute approximate surface area is 233 Å². The molecule has 2 aromatic rings. The van der Waals surface area contributed by atoms with Gasteiger partial charge in [0.2, 0.25) is 5.91 Å². The normalized spacial score (nSPS) is 23.4. The Kier molecular flexibility index (Phi) is 9.78. The molecule has 210 valence electrons. The number of aliphatic hydroxyl groups excluding tert-OH is 1. The molecule has 7 heteroatoms. The average Bonchev–Trinajstić information content (AvgIpc) is 3.38. The van der Waals surface area contributed by atoms with Gasteiger partial charge in [0.05, 0.1) is 30.8 Å². The van der Waals surface area contributed by atoms with Gasteiger partial charge in [0.25, 0.3) is 0 Å². The van der Waals surface area contributed by atoms with Gasteiger partial charge in [-0.2, -0.15) is 0 Å². The number of hydrogen-bond acceptors (Lipinski definition) is 5. The first-order chi connectivity index (χ1) is 18.7. The Hall–Kier alpha value is -3.19. The summed E-state index contributed by atoms with van der Waals surface area (Å²) >= 11 is 0. The Bertz CT molecular complexity index is 1190. The second-order valence-corrected chi connectivity index (χ2v) is 11.5. The molecule has 39 heavy (non-hydrogen) atoms. The van der Waals surface area contributed by atoms with Crippen LogP contribution in [0.5, 0.6) is 0 Å².